The highest BCUT2D eigenvalue weighted by atomic mass is 16.4. The topological polar surface area (TPSA) is 37.3 Å². The molecule has 0 aromatic carbocycles. The van der Waals surface area contributed by atoms with Crippen LogP contribution in [0, 0.1) is 12.3 Å². The number of aliphatic carboxylic acids is 1. The number of rotatable bonds is 10. The second-order valence-electron chi connectivity index (χ2n) is 3.92. The number of hydrogen-bond acceptors (Lipinski definition) is 1. The Hall–Kier alpha value is -1.49. The van der Waals surface area contributed by atoms with Crippen LogP contribution >= 0.6 is 0 Å². The molecule has 94 valence electrons. The fraction of sp³-hybridized carbons (Fsp3) is 0.533. The third kappa shape index (κ3) is 14.5. The van der Waals surface area contributed by atoms with Crippen LogP contribution in [0.15, 0.2) is 24.3 Å². The van der Waals surface area contributed by atoms with Crippen LogP contribution in [0.25, 0.3) is 0 Å². The SMILES string of the molecule is C#CC/C=C\CCCC/C=C\CCCC(=O)O. The Balaban J connectivity index is 3.20. The first-order valence-electron chi connectivity index (χ1n) is 6.22. The number of carboxylic acids is 1. The summed E-state index contributed by atoms with van der Waals surface area (Å²) in [4.78, 5) is 10.2. The predicted molar refractivity (Wildman–Crippen MR) is 71.7 cm³/mol. The first-order chi connectivity index (χ1) is 8.27. The average Bonchev–Trinajstić information content (AvgIpc) is 2.30. The van der Waals surface area contributed by atoms with Crippen LogP contribution in [-0.4, -0.2) is 11.1 Å². The second kappa shape index (κ2) is 12.6. The Morgan fingerprint density at radius 1 is 1.00 bits per heavy atom. The highest BCUT2D eigenvalue weighted by molar-refractivity contribution is 5.66. The van der Waals surface area contributed by atoms with Gasteiger partial charge in [-0.2, -0.15) is 0 Å². The van der Waals surface area contributed by atoms with Gasteiger partial charge in [0.25, 0.3) is 0 Å². The molecule has 0 spiro atoms. The average molecular weight is 234 g/mol. The molecule has 0 radical (unpaired) electrons. The summed E-state index contributed by atoms with van der Waals surface area (Å²) in [7, 11) is 0. The summed E-state index contributed by atoms with van der Waals surface area (Å²) in [5, 5.41) is 8.43. The summed E-state index contributed by atoms with van der Waals surface area (Å²) in [6.07, 6.45) is 20.6. The maximum atomic E-state index is 10.2. The molecular weight excluding hydrogens is 212 g/mol. The molecule has 0 rings (SSSR count). The number of carbonyl (C=O) groups is 1. The maximum Gasteiger partial charge on any atom is 0.303 e. The van der Waals surface area contributed by atoms with Crippen molar-refractivity contribution >= 4 is 5.97 Å². The van der Waals surface area contributed by atoms with E-state index in [1.165, 1.54) is 12.8 Å². The molecular formula is C15H22O2. The van der Waals surface area contributed by atoms with Crippen LogP contribution in [0.2, 0.25) is 0 Å². The summed E-state index contributed by atoms with van der Waals surface area (Å²) >= 11 is 0. The van der Waals surface area contributed by atoms with Gasteiger partial charge in [0.2, 0.25) is 0 Å². The lowest BCUT2D eigenvalue weighted by molar-refractivity contribution is -0.137. The summed E-state index contributed by atoms with van der Waals surface area (Å²) in [5.74, 6) is 1.86. The molecule has 0 aliphatic carbocycles. The van der Waals surface area contributed by atoms with Crippen LogP contribution in [0.1, 0.15) is 51.4 Å². The smallest absolute Gasteiger partial charge is 0.303 e. The highest BCUT2D eigenvalue weighted by Crippen LogP contribution is 2.03. The molecule has 0 saturated carbocycles. The van der Waals surface area contributed by atoms with Crippen molar-refractivity contribution in [2.24, 2.45) is 0 Å². The van der Waals surface area contributed by atoms with E-state index < -0.39 is 5.97 Å². The fourth-order valence-electron chi connectivity index (χ4n) is 1.40. The summed E-state index contributed by atoms with van der Waals surface area (Å²) in [5.41, 5.74) is 0. The molecule has 0 aliphatic heterocycles. The third-order valence-electron chi connectivity index (χ3n) is 2.32. The van der Waals surface area contributed by atoms with Gasteiger partial charge in [0.1, 0.15) is 0 Å². The Morgan fingerprint density at radius 3 is 2.06 bits per heavy atom. The van der Waals surface area contributed by atoms with Crippen LogP contribution in [0.3, 0.4) is 0 Å². The lowest BCUT2D eigenvalue weighted by Crippen LogP contribution is -1.92. The van der Waals surface area contributed by atoms with Crippen LogP contribution < -0.4 is 0 Å². The minimum atomic E-state index is -0.711. The van der Waals surface area contributed by atoms with Gasteiger partial charge < -0.3 is 5.11 Å². The van der Waals surface area contributed by atoms with Gasteiger partial charge in [-0.25, -0.2) is 0 Å². The van der Waals surface area contributed by atoms with Gasteiger partial charge in [0.05, 0.1) is 0 Å². The van der Waals surface area contributed by atoms with Gasteiger partial charge in [0.15, 0.2) is 0 Å². The molecule has 0 heterocycles. The molecule has 0 aliphatic rings. The van der Waals surface area contributed by atoms with Crippen LogP contribution in [-0.2, 0) is 4.79 Å². The molecule has 0 atom stereocenters. The molecule has 0 saturated heterocycles. The first kappa shape index (κ1) is 15.5. The molecule has 0 unspecified atom stereocenters. The summed E-state index contributed by atoms with van der Waals surface area (Å²) in [6, 6.07) is 0. The van der Waals surface area contributed by atoms with E-state index in [4.69, 9.17) is 11.5 Å². The van der Waals surface area contributed by atoms with E-state index in [2.05, 4.69) is 24.1 Å². The lowest BCUT2D eigenvalue weighted by Gasteiger charge is -1.93. The Morgan fingerprint density at radius 2 is 1.53 bits per heavy atom. The van der Waals surface area contributed by atoms with Crippen molar-refractivity contribution in [1.29, 1.82) is 0 Å². The molecule has 0 aromatic heterocycles. The Labute approximate surface area is 104 Å². The van der Waals surface area contributed by atoms with E-state index in [9.17, 15) is 4.79 Å². The largest absolute Gasteiger partial charge is 0.481 e. The van der Waals surface area contributed by atoms with Gasteiger partial charge >= 0.3 is 5.97 Å². The molecule has 0 bridgehead atoms. The van der Waals surface area contributed by atoms with E-state index in [1.54, 1.807) is 0 Å². The zero-order valence-corrected chi connectivity index (χ0v) is 10.4. The first-order valence-corrected chi connectivity index (χ1v) is 6.22. The molecule has 1 N–H and O–H groups in total. The van der Waals surface area contributed by atoms with Crippen molar-refractivity contribution in [2.45, 2.75) is 51.4 Å². The molecule has 17 heavy (non-hydrogen) atoms. The quantitative estimate of drug-likeness (QED) is 0.353. The zero-order chi connectivity index (χ0) is 12.8. The van der Waals surface area contributed by atoms with Gasteiger partial charge in [-0.15, -0.1) is 12.3 Å². The van der Waals surface area contributed by atoms with E-state index >= 15 is 0 Å². The lowest BCUT2D eigenvalue weighted by atomic mass is 10.1. The summed E-state index contributed by atoms with van der Waals surface area (Å²) in [6.45, 7) is 0. The fourth-order valence-corrected chi connectivity index (χ4v) is 1.40. The Kier molecular flexibility index (Phi) is 11.5. The monoisotopic (exact) mass is 234 g/mol. The predicted octanol–water partition coefficient (Wildman–Crippen LogP) is 3.94. The number of carboxylic acid groups (broad SMARTS) is 1. The number of allylic oxidation sites excluding steroid dienone is 4. The minimum absolute atomic E-state index is 0.268. The molecule has 2 nitrogen and oxygen atoms in total. The van der Waals surface area contributed by atoms with E-state index in [-0.39, 0.29) is 6.42 Å². The summed E-state index contributed by atoms with van der Waals surface area (Å²) < 4.78 is 0. The van der Waals surface area contributed by atoms with Gasteiger partial charge in [-0.1, -0.05) is 24.3 Å². The molecule has 0 fully saturated rings. The van der Waals surface area contributed by atoms with E-state index in [0.29, 0.717) is 0 Å². The highest BCUT2D eigenvalue weighted by Gasteiger charge is 1.92. The number of unbranched alkanes of at least 4 members (excludes halogenated alkanes) is 4. The van der Waals surface area contributed by atoms with Crippen molar-refractivity contribution < 1.29 is 9.90 Å². The van der Waals surface area contributed by atoms with Crippen molar-refractivity contribution in [3.05, 3.63) is 24.3 Å². The van der Waals surface area contributed by atoms with Crippen LogP contribution in [0.5, 0.6) is 0 Å². The van der Waals surface area contributed by atoms with Crippen molar-refractivity contribution in [3.63, 3.8) is 0 Å². The normalized spacial score (nSPS) is 11.0. The number of hydrogen-bond donors (Lipinski definition) is 1. The second-order valence-corrected chi connectivity index (χ2v) is 3.92. The minimum Gasteiger partial charge on any atom is -0.481 e. The van der Waals surface area contributed by atoms with Gasteiger partial charge in [-0.3, -0.25) is 4.79 Å². The zero-order valence-electron chi connectivity index (χ0n) is 10.4. The standard InChI is InChI=1S/C15H22O2/c1-2-3-4-5-6-7-8-9-10-11-12-13-14-15(16)17/h1,4-5,10-11H,3,6-9,12-14H2,(H,16,17)/b5-4-,11-10-. The van der Waals surface area contributed by atoms with Gasteiger partial charge in [0, 0.05) is 12.8 Å². The Bertz CT molecular complexity index is 282. The van der Waals surface area contributed by atoms with Crippen molar-refractivity contribution in [1.82, 2.24) is 0 Å². The molecule has 0 aromatic rings. The van der Waals surface area contributed by atoms with E-state index in [0.717, 1.165) is 32.1 Å². The maximum absolute atomic E-state index is 10.2. The molecule has 2 heteroatoms. The number of terminal acetylenes is 1. The van der Waals surface area contributed by atoms with Crippen LogP contribution in [0.4, 0.5) is 0 Å². The third-order valence-corrected chi connectivity index (χ3v) is 2.32. The van der Waals surface area contributed by atoms with Crippen molar-refractivity contribution in [3.8, 4) is 12.3 Å². The van der Waals surface area contributed by atoms with E-state index in [1.807, 2.05) is 6.08 Å². The van der Waals surface area contributed by atoms with Gasteiger partial charge in [-0.05, 0) is 38.5 Å². The molecule has 0 amide bonds. The van der Waals surface area contributed by atoms with Crippen molar-refractivity contribution in [2.75, 3.05) is 0 Å².